The van der Waals surface area contributed by atoms with Gasteiger partial charge < -0.3 is 0 Å². The predicted octanol–water partition coefficient (Wildman–Crippen LogP) is 3.69. The van der Waals surface area contributed by atoms with E-state index in [1.54, 1.807) is 0 Å². The molecule has 0 N–H and O–H groups in total. The number of hydrogen-bond donors (Lipinski definition) is 0. The van der Waals surface area contributed by atoms with Gasteiger partial charge in [-0.05, 0) is 54.7 Å². The summed E-state index contributed by atoms with van der Waals surface area (Å²) >= 11 is 0. The van der Waals surface area contributed by atoms with Crippen molar-refractivity contribution in [2.45, 2.75) is 26.7 Å². The molecule has 1 heteroatoms. The molecule has 95 valence electrons. The van der Waals surface area contributed by atoms with E-state index in [0.29, 0.717) is 0 Å². The van der Waals surface area contributed by atoms with Crippen molar-refractivity contribution in [2.75, 3.05) is 6.54 Å². The Bertz CT molecular complexity index is 638. The lowest BCUT2D eigenvalue weighted by atomic mass is 9.92. The summed E-state index contributed by atoms with van der Waals surface area (Å²) in [6, 6.07) is 16.5. The summed E-state index contributed by atoms with van der Waals surface area (Å²) in [7, 11) is 0. The maximum absolute atomic E-state index is 4.73. The van der Waals surface area contributed by atoms with Gasteiger partial charge in [-0.1, -0.05) is 35.9 Å². The van der Waals surface area contributed by atoms with Crippen molar-refractivity contribution < 1.29 is 0 Å². The van der Waals surface area contributed by atoms with Crippen molar-refractivity contribution in [3.8, 4) is 0 Å². The molecule has 3 rings (SSSR count). The van der Waals surface area contributed by atoms with Crippen LogP contribution in [0.4, 0.5) is 0 Å². The zero-order valence-corrected chi connectivity index (χ0v) is 11.5. The van der Waals surface area contributed by atoms with Crippen LogP contribution in [0.1, 0.15) is 27.8 Å². The first kappa shape index (κ1) is 12.2. The van der Waals surface area contributed by atoms with Crippen molar-refractivity contribution in [3.05, 3.63) is 70.3 Å². The summed E-state index contributed by atoms with van der Waals surface area (Å²) < 4.78 is 0. The topological polar surface area (TPSA) is 12.4 Å². The molecule has 1 heterocycles. The molecule has 0 atom stereocenters. The Morgan fingerprint density at radius 3 is 2.89 bits per heavy atom. The number of fused-ring (bicyclic) bond motifs is 1. The van der Waals surface area contributed by atoms with Gasteiger partial charge in [-0.15, -0.1) is 0 Å². The van der Waals surface area contributed by atoms with E-state index in [1.165, 1.54) is 33.5 Å². The van der Waals surface area contributed by atoms with E-state index in [2.05, 4.69) is 56.3 Å². The van der Waals surface area contributed by atoms with E-state index in [0.717, 1.165) is 19.4 Å². The third-order valence-corrected chi connectivity index (χ3v) is 3.62. The van der Waals surface area contributed by atoms with Crippen molar-refractivity contribution in [1.29, 1.82) is 0 Å². The Morgan fingerprint density at radius 2 is 2.05 bits per heavy atom. The summed E-state index contributed by atoms with van der Waals surface area (Å²) in [4.78, 5) is 4.73. The number of rotatable bonds is 2. The van der Waals surface area contributed by atoms with E-state index in [4.69, 9.17) is 4.99 Å². The maximum atomic E-state index is 4.73. The minimum Gasteiger partial charge on any atom is -0.288 e. The molecule has 0 fully saturated rings. The zero-order chi connectivity index (χ0) is 13.2. The quantitative estimate of drug-likeness (QED) is 0.768. The average Bonchev–Trinajstić information content (AvgIpc) is 2.39. The molecule has 0 saturated carbocycles. The highest BCUT2D eigenvalue weighted by Gasteiger charge is 2.14. The molecular weight excluding hydrogens is 230 g/mol. The fourth-order valence-electron chi connectivity index (χ4n) is 2.65. The fourth-order valence-corrected chi connectivity index (χ4v) is 2.65. The third-order valence-electron chi connectivity index (χ3n) is 3.62. The van der Waals surface area contributed by atoms with E-state index < -0.39 is 0 Å². The molecule has 0 bridgehead atoms. The highest BCUT2D eigenvalue weighted by atomic mass is 14.7. The molecule has 0 spiro atoms. The van der Waals surface area contributed by atoms with Crippen LogP contribution in [0.25, 0.3) is 0 Å². The summed E-state index contributed by atoms with van der Waals surface area (Å²) in [5.74, 6) is 0. The first-order valence-corrected chi connectivity index (χ1v) is 6.83. The van der Waals surface area contributed by atoms with Gasteiger partial charge in [-0.3, -0.25) is 4.99 Å². The molecule has 0 aromatic heterocycles. The van der Waals surface area contributed by atoms with Crippen LogP contribution in [-0.2, 0) is 12.8 Å². The Labute approximate surface area is 115 Å². The summed E-state index contributed by atoms with van der Waals surface area (Å²) in [5.41, 5.74) is 7.71. The molecular formula is C18H18N. The summed E-state index contributed by atoms with van der Waals surface area (Å²) in [6.07, 6.45) is 1.95. The monoisotopic (exact) mass is 248 g/mol. The Hall–Kier alpha value is -1.89. The number of benzene rings is 2. The van der Waals surface area contributed by atoms with Gasteiger partial charge in [-0.25, -0.2) is 0 Å². The minimum absolute atomic E-state index is 0.887. The van der Waals surface area contributed by atoms with Crippen LogP contribution in [0.15, 0.2) is 41.4 Å². The lowest BCUT2D eigenvalue weighted by Crippen LogP contribution is -2.15. The van der Waals surface area contributed by atoms with Crippen molar-refractivity contribution in [3.63, 3.8) is 0 Å². The summed E-state index contributed by atoms with van der Waals surface area (Å²) in [6.45, 7) is 5.15. The second kappa shape index (κ2) is 5.00. The van der Waals surface area contributed by atoms with E-state index >= 15 is 0 Å². The molecule has 0 amide bonds. The Balaban J connectivity index is 1.94. The van der Waals surface area contributed by atoms with Crippen LogP contribution >= 0.6 is 0 Å². The number of hydrogen-bond acceptors (Lipinski definition) is 1. The Morgan fingerprint density at radius 1 is 1.16 bits per heavy atom. The van der Waals surface area contributed by atoms with Gasteiger partial charge in [0.25, 0.3) is 0 Å². The van der Waals surface area contributed by atoms with E-state index in [-0.39, 0.29) is 0 Å². The lowest BCUT2D eigenvalue weighted by Gasteiger charge is -2.17. The van der Waals surface area contributed by atoms with Gasteiger partial charge in [0.2, 0.25) is 0 Å². The van der Waals surface area contributed by atoms with Gasteiger partial charge in [0.05, 0.1) is 0 Å². The van der Waals surface area contributed by atoms with Gasteiger partial charge in [-0.2, -0.15) is 0 Å². The van der Waals surface area contributed by atoms with Crippen LogP contribution in [0.5, 0.6) is 0 Å². The van der Waals surface area contributed by atoms with Gasteiger partial charge in [0.1, 0.15) is 0 Å². The molecule has 0 saturated heterocycles. The van der Waals surface area contributed by atoms with Crippen LogP contribution in [0.3, 0.4) is 0 Å². The number of aryl methyl sites for hydroxylation is 2. The second-order valence-electron chi connectivity index (χ2n) is 5.27. The second-order valence-corrected chi connectivity index (χ2v) is 5.27. The van der Waals surface area contributed by atoms with Crippen LogP contribution < -0.4 is 0 Å². The predicted molar refractivity (Wildman–Crippen MR) is 80.0 cm³/mol. The highest BCUT2D eigenvalue weighted by molar-refractivity contribution is 6.03. The molecule has 1 aliphatic heterocycles. The lowest BCUT2D eigenvalue weighted by molar-refractivity contribution is 0.932. The number of nitrogens with zero attached hydrogens (tertiary/aromatic N) is 1. The van der Waals surface area contributed by atoms with Crippen molar-refractivity contribution in [1.82, 2.24) is 0 Å². The van der Waals surface area contributed by atoms with Crippen LogP contribution in [-0.4, -0.2) is 12.3 Å². The minimum atomic E-state index is 0.887. The first-order valence-electron chi connectivity index (χ1n) is 6.83. The normalized spacial score (nSPS) is 13.9. The van der Waals surface area contributed by atoms with E-state index in [1.807, 2.05) is 0 Å². The number of aliphatic imine (C=N–C) groups is 1. The largest absolute Gasteiger partial charge is 0.288 e. The SMILES string of the molecule is Cc1[c]c(CC2=NCCc3ccc(C)cc32)ccc1. The summed E-state index contributed by atoms with van der Waals surface area (Å²) in [5, 5.41) is 0. The maximum Gasteiger partial charge on any atom is 0.0467 e. The van der Waals surface area contributed by atoms with Gasteiger partial charge in [0.15, 0.2) is 0 Å². The first-order chi connectivity index (χ1) is 9.22. The molecule has 0 aliphatic carbocycles. The molecule has 2 aromatic carbocycles. The third kappa shape index (κ3) is 2.60. The fraction of sp³-hybridized carbons (Fsp3) is 0.278. The van der Waals surface area contributed by atoms with E-state index in [9.17, 15) is 0 Å². The highest BCUT2D eigenvalue weighted by Crippen LogP contribution is 2.20. The van der Waals surface area contributed by atoms with Gasteiger partial charge in [0, 0.05) is 18.7 Å². The smallest absolute Gasteiger partial charge is 0.0467 e. The Kier molecular flexibility index (Phi) is 3.20. The van der Waals surface area contributed by atoms with Crippen molar-refractivity contribution >= 4 is 5.71 Å². The van der Waals surface area contributed by atoms with Crippen molar-refractivity contribution in [2.24, 2.45) is 4.99 Å². The average molecular weight is 248 g/mol. The van der Waals surface area contributed by atoms with Crippen LogP contribution in [0.2, 0.25) is 0 Å². The zero-order valence-electron chi connectivity index (χ0n) is 11.5. The molecule has 1 nitrogen and oxygen atoms in total. The molecule has 2 aromatic rings. The van der Waals surface area contributed by atoms with Crippen LogP contribution in [0, 0.1) is 19.9 Å². The van der Waals surface area contributed by atoms with Gasteiger partial charge >= 0.3 is 0 Å². The molecule has 1 radical (unpaired) electrons. The molecule has 1 aliphatic rings. The molecule has 19 heavy (non-hydrogen) atoms. The molecule has 0 unspecified atom stereocenters. The standard InChI is InChI=1S/C18H18N/c1-13-4-3-5-15(10-13)12-18-17-11-14(2)6-7-16(17)8-9-19-18/h3-7,11H,8-9,12H2,1-2H3.